The normalized spacial score (nSPS) is 11.9. The Balaban J connectivity index is 2.66. The minimum Gasteiger partial charge on any atom is -0.426 e. The van der Waals surface area contributed by atoms with Crippen molar-refractivity contribution in [3.8, 4) is 11.5 Å². The molecule has 0 radical (unpaired) electrons. The molecule has 0 aliphatic heterocycles. The lowest BCUT2D eigenvalue weighted by Gasteiger charge is -2.17. The van der Waals surface area contributed by atoms with Crippen LogP contribution in [0.2, 0.25) is 0 Å². The molecule has 0 saturated heterocycles. The quantitative estimate of drug-likeness (QED) is 0.612. The molecule has 0 fully saturated rings. The van der Waals surface area contributed by atoms with Crippen molar-refractivity contribution in [3.63, 3.8) is 0 Å². The number of rotatable bonds is 4. The van der Waals surface area contributed by atoms with Crippen LogP contribution < -0.4 is 9.47 Å². The zero-order chi connectivity index (χ0) is 17.0. The van der Waals surface area contributed by atoms with Gasteiger partial charge in [0.25, 0.3) is 0 Å². The van der Waals surface area contributed by atoms with Crippen molar-refractivity contribution in [1.29, 1.82) is 0 Å². The highest BCUT2D eigenvalue weighted by molar-refractivity contribution is 5.74. The van der Waals surface area contributed by atoms with E-state index in [-0.39, 0.29) is 22.8 Å². The molecule has 0 bridgehead atoms. The van der Waals surface area contributed by atoms with E-state index in [9.17, 15) is 9.59 Å². The Bertz CT molecular complexity index is 488. The van der Waals surface area contributed by atoms with Gasteiger partial charge in [-0.3, -0.25) is 9.59 Å². The summed E-state index contributed by atoms with van der Waals surface area (Å²) in [6.07, 6.45) is 0.641. The standard InChI is InChI=1S/C18H26O4/c1-17(2,3)11-15(19)21-13-8-7-9-14(10-13)22-16(20)12-18(4,5)6/h7-10H,11-12H2,1-6H3. The molecule has 4 heteroatoms. The molecule has 0 atom stereocenters. The lowest BCUT2D eigenvalue weighted by atomic mass is 9.92. The molecule has 122 valence electrons. The summed E-state index contributed by atoms with van der Waals surface area (Å²) < 4.78 is 10.6. The van der Waals surface area contributed by atoms with E-state index < -0.39 is 0 Å². The van der Waals surface area contributed by atoms with Gasteiger partial charge in [-0.2, -0.15) is 0 Å². The lowest BCUT2D eigenvalue weighted by Crippen LogP contribution is -2.18. The maximum Gasteiger partial charge on any atom is 0.311 e. The average Bonchev–Trinajstić information content (AvgIpc) is 2.22. The Morgan fingerprint density at radius 3 is 1.50 bits per heavy atom. The second-order valence-electron chi connectivity index (χ2n) is 7.90. The number of ether oxygens (including phenoxy) is 2. The molecule has 0 aliphatic carbocycles. The summed E-state index contributed by atoms with van der Waals surface area (Å²) in [6.45, 7) is 11.8. The third-order valence-corrected chi connectivity index (χ3v) is 2.62. The van der Waals surface area contributed by atoms with Crippen LogP contribution in [0, 0.1) is 10.8 Å². The number of hydrogen-bond donors (Lipinski definition) is 0. The van der Waals surface area contributed by atoms with Crippen molar-refractivity contribution in [1.82, 2.24) is 0 Å². The van der Waals surface area contributed by atoms with Crippen LogP contribution in [-0.2, 0) is 9.59 Å². The van der Waals surface area contributed by atoms with Crippen LogP contribution in [0.3, 0.4) is 0 Å². The molecule has 0 N–H and O–H groups in total. The first-order valence-corrected chi connectivity index (χ1v) is 7.46. The molecule has 0 saturated carbocycles. The average molecular weight is 306 g/mol. The van der Waals surface area contributed by atoms with Crippen molar-refractivity contribution in [2.75, 3.05) is 0 Å². The van der Waals surface area contributed by atoms with E-state index in [1.165, 1.54) is 0 Å². The Labute approximate surface area is 132 Å². The Kier molecular flexibility index (Phi) is 5.75. The van der Waals surface area contributed by atoms with Gasteiger partial charge < -0.3 is 9.47 Å². The van der Waals surface area contributed by atoms with Gasteiger partial charge in [0.15, 0.2) is 0 Å². The molecule has 0 aliphatic rings. The SMILES string of the molecule is CC(C)(C)CC(=O)Oc1cccc(OC(=O)CC(C)(C)C)c1. The zero-order valence-electron chi connectivity index (χ0n) is 14.4. The molecule has 0 aromatic heterocycles. The first-order valence-electron chi connectivity index (χ1n) is 7.46. The van der Waals surface area contributed by atoms with Crippen LogP contribution in [-0.4, -0.2) is 11.9 Å². The Hall–Kier alpha value is -1.84. The van der Waals surface area contributed by atoms with Crippen LogP contribution in [0.1, 0.15) is 54.4 Å². The highest BCUT2D eigenvalue weighted by atomic mass is 16.5. The van der Waals surface area contributed by atoms with Gasteiger partial charge in [0.05, 0.1) is 12.8 Å². The second-order valence-corrected chi connectivity index (χ2v) is 7.90. The summed E-state index contributed by atoms with van der Waals surface area (Å²) in [5, 5.41) is 0. The summed E-state index contributed by atoms with van der Waals surface area (Å²) in [6, 6.07) is 6.59. The molecule has 0 spiro atoms. The van der Waals surface area contributed by atoms with Crippen molar-refractivity contribution in [3.05, 3.63) is 24.3 Å². The van der Waals surface area contributed by atoms with Crippen LogP contribution in [0.5, 0.6) is 11.5 Å². The predicted molar refractivity (Wildman–Crippen MR) is 85.9 cm³/mol. The van der Waals surface area contributed by atoms with Crippen LogP contribution in [0.25, 0.3) is 0 Å². The second kappa shape index (κ2) is 6.95. The van der Waals surface area contributed by atoms with Gasteiger partial charge in [0, 0.05) is 6.07 Å². The molecule has 22 heavy (non-hydrogen) atoms. The van der Waals surface area contributed by atoms with E-state index in [1.54, 1.807) is 24.3 Å². The van der Waals surface area contributed by atoms with E-state index in [0.29, 0.717) is 24.3 Å². The fourth-order valence-corrected chi connectivity index (χ4v) is 1.80. The smallest absolute Gasteiger partial charge is 0.311 e. The summed E-state index contributed by atoms with van der Waals surface area (Å²) in [4.78, 5) is 23.6. The lowest BCUT2D eigenvalue weighted by molar-refractivity contribution is -0.136. The molecule has 4 nitrogen and oxygen atoms in total. The molecule has 0 amide bonds. The highest BCUT2D eigenvalue weighted by Crippen LogP contribution is 2.25. The molecular formula is C18H26O4. The summed E-state index contributed by atoms with van der Waals surface area (Å²) in [7, 11) is 0. The van der Waals surface area contributed by atoms with Crippen LogP contribution >= 0.6 is 0 Å². The highest BCUT2D eigenvalue weighted by Gasteiger charge is 2.19. The van der Waals surface area contributed by atoms with Gasteiger partial charge >= 0.3 is 11.9 Å². The van der Waals surface area contributed by atoms with Crippen LogP contribution in [0.15, 0.2) is 24.3 Å². The van der Waals surface area contributed by atoms with Gasteiger partial charge in [-0.25, -0.2) is 0 Å². The monoisotopic (exact) mass is 306 g/mol. The third kappa shape index (κ3) is 7.81. The van der Waals surface area contributed by atoms with E-state index in [2.05, 4.69) is 0 Å². The fourth-order valence-electron chi connectivity index (χ4n) is 1.80. The molecule has 0 heterocycles. The van der Waals surface area contributed by atoms with Crippen molar-refractivity contribution in [2.45, 2.75) is 54.4 Å². The number of esters is 2. The molecule has 1 aromatic rings. The Morgan fingerprint density at radius 2 is 1.18 bits per heavy atom. The van der Waals surface area contributed by atoms with E-state index in [1.807, 2.05) is 41.5 Å². The maximum atomic E-state index is 11.8. The van der Waals surface area contributed by atoms with E-state index in [4.69, 9.17) is 9.47 Å². The molecular weight excluding hydrogens is 280 g/mol. The van der Waals surface area contributed by atoms with Crippen molar-refractivity contribution < 1.29 is 19.1 Å². The maximum absolute atomic E-state index is 11.8. The largest absolute Gasteiger partial charge is 0.426 e. The van der Waals surface area contributed by atoms with Crippen molar-refractivity contribution >= 4 is 11.9 Å². The Morgan fingerprint density at radius 1 is 0.818 bits per heavy atom. The number of carbonyl (C=O) groups excluding carboxylic acids is 2. The van der Waals surface area contributed by atoms with Crippen molar-refractivity contribution in [2.24, 2.45) is 10.8 Å². The number of hydrogen-bond acceptors (Lipinski definition) is 4. The first-order chi connectivity index (χ1) is 9.94. The zero-order valence-corrected chi connectivity index (χ0v) is 14.4. The van der Waals surface area contributed by atoms with Gasteiger partial charge in [0.2, 0.25) is 0 Å². The molecule has 1 aromatic carbocycles. The number of benzene rings is 1. The topological polar surface area (TPSA) is 52.6 Å². The fraction of sp³-hybridized carbons (Fsp3) is 0.556. The summed E-state index contributed by atoms with van der Waals surface area (Å²) in [5.41, 5.74) is -0.262. The minimum atomic E-state index is -0.300. The van der Waals surface area contributed by atoms with Gasteiger partial charge in [-0.1, -0.05) is 47.6 Å². The summed E-state index contributed by atoms with van der Waals surface area (Å²) >= 11 is 0. The number of carbonyl (C=O) groups is 2. The predicted octanol–water partition coefficient (Wildman–Crippen LogP) is 4.37. The van der Waals surface area contributed by atoms with Gasteiger partial charge in [-0.05, 0) is 23.0 Å². The molecule has 0 unspecified atom stereocenters. The van der Waals surface area contributed by atoms with E-state index >= 15 is 0 Å². The van der Waals surface area contributed by atoms with E-state index in [0.717, 1.165) is 0 Å². The molecule has 1 rings (SSSR count). The minimum absolute atomic E-state index is 0.131. The summed E-state index contributed by atoms with van der Waals surface area (Å²) in [5.74, 6) is 0.168. The van der Waals surface area contributed by atoms with Gasteiger partial charge in [0.1, 0.15) is 11.5 Å². The third-order valence-electron chi connectivity index (χ3n) is 2.62. The first kappa shape index (κ1) is 18.2. The van der Waals surface area contributed by atoms with Crippen LogP contribution in [0.4, 0.5) is 0 Å². The van der Waals surface area contributed by atoms with Gasteiger partial charge in [-0.15, -0.1) is 0 Å².